The molecule has 0 aliphatic carbocycles. The van der Waals surface area contributed by atoms with E-state index in [-0.39, 0.29) is 17.9 Å². The van der Waals surface area contributed by atoms with Crippen LogP contribution in [0.2, 0.25) is 0 Å². The molecule has 1 rings (SSSR count). The number of H-pyrrole nitrogens is 1. The van der Waals surface area contributed by atoms with Gasteiger partial charge in [0.15, 0.2) is 5.82 Å². The minimum absolute atomic E-state index is 0.0566. The summed E-state index contributed by atoms with van der Waals surface area (Å²) in [5, 5.41) is 10.0. The van der Waals surface area contributed by atoms with E-state index in [0.29, 0.717) is 11.7 Å². The van der Waals surface area contributed by atoms with Crippen molar-refractivity contribution in [2.75, 3.05) is 0 Å². The van der Waals surface area contributed by atoms with Gasteiger partial charge in [-0.1, -0.05) is 27.7 Å². The van der Waals surface area contributed by atoms with Gasteiger partial charge in [-0.25, -0.2) is 4.98 Å². The highest BCUT2D eigenvalue weighted by Crippen LogP contribution is 2.18. The average Bonchev–Trinajstić information content (AvgIpc) is 2.60. The molecular weight excluding hydrogens is 216 g/mol. The van der Waals surface area contributed by atoms with Crippen molar-refractivity contribution >= 4 is 5.91 Å². The maximum Gasteiger partial charge on any atom is 0.217 e. The number of aromatic amines is 1. The van der Waals surface area contributed by atoms with Crippen LogP contribution in [0.15, 0.2) is 0 Å². The fraction of sp³-hybridized carbons (Fsp3) is 0.750. The Morgan fingerprint density at radius 2 is 2.00 bits per heavy atom. The van der Waals surface area contributed by atoms with Gasteiger partial charge >= 0.3 is 0 Å². The van der Waals surface area contributed by atoms with Gasteiger partial charge in [-0.2, -0.15) is 5.10 Å². The van der Waals surface area contributed by atoms with Crippen molar-refractivity contribution in [1.82, 2.24) is 20.5 Å². The molecule has 0 saturated heterocycles. The lowest BCUT2D eigenvalue weighted by atomic mass is 10.0. The highest BCUT2D eigenvalue weighted by molar-refractivity contribution is 5.73. The lowest BCUT2D eigenvalue weighted by Crippen LogP contribution is -2.30. The summed E-state index contributed by atoms with van der Waals surface area (Å²) in [6.07, 6.45) is 0.873. The Hall–Kier alpha value is -1.39. The lowest BCUT2D eigenvalue weighted by Gasteiger charge is -2.18. The Balaban J connectivity index is 2.80. The molecule has 0 aliphatic rings. The van der Waals surface area contributed by atoms with Crippen molar-refractivity contribution < 1.29 is 4.79 Å². The van der Waals surface area contributed by atoms with Crippen LogP contribution in [0.4, 0.5) is 0 Å². The second-order valence-corrected chi connectivity index (χ2v) is 5.16. The van der Waals surface area contributed by atoms with Gasteiger partial charge in [0.25, 0.3) is 0 Å². The molecule has 1 aromatic rings. The first-order chi connectivity index (χ1) is 7.90. The predicted molar refractivity (Wildman–Crippen MR) is 66.3 cm³/mol. The molecular formula is C12H22N4O. The van der Waals surface area contributed by atoms with Crippen LogP contribution in [0.3, 0.4) is 0 Å². The lowest BCUT2D eigenvalue weighted by molar-refractivity contribution is -0.120. The Bertz CT molecular complexity index is 370. The number of nitrogens with one attached hydrogen (secondary N) is 2. The van der Waals surface area contributed by atoms with Crippen LogP contribution in [0.5, 0.6) is 0 Å². The van der Waals surface area contributed by atoms with E-state index in [1.165, 1.54) is 6.92 Å². The van der Waals surface area contributed by atoms with E-state index in [1.807, 2.05) is 13.8 Å². The predicted octanol–water partition coefficient (Wildman–Crippen LogP) is 1.84. The molecule has 0 radical (unpaired) electrons. The number of carbonyl (C=O) groups excluding carboxylic acids is 1. The zero-order valence-corrected chi connectivity index (χ0v) is 11.2. The molecule has 0 bridgehead atoms. The first kappa shape index (κ1) is 13.7. The molecule has 17 heavy (non-hydrogen) atoms. The SMILES string of the molecule is CC(=O)N[C@@H](c1n[nH]c(CC(C)C)n1)C(C)C. The molecule has 5 nitrogen and oxygen atoms in total. The number of nitrogens with zero attached hydrogens (tertiary/aromatic N) is 2. The van der Waals surface area contributed by atoms with E-state index >= 15 is 0 Å². The summed E-state index contributed by atoms with van der Waals surface area (Å²) in [6, 6.07) is -0.121. The summed E-state index contributed by atoms with van der Waals surface area (Å²) in [5.41, 5.74) is 0. The Morgan fingerprint density at radius 3 is 2.47 bits per heavy atom. The minimum Gasteiger partial charge on any atom is -0.346 e. The molecule has 1 aromatic heterocycles. The largest absolute Gasteiger partial charge is 0.346 e. The van der Waals surface area contributed by atoms with Crippen LogP contribution < -0.4 is 5.32 Å². The van der Waals surface area contributed by atoms with Crippen LogP contribution in [0.1, 0.15) is 52.3 Å². The number of carbonyl (C=O) groups is 1. The van der Waals surface area contributed by atoms with Gasteiger partial charge in [0.2, 0.25) is 5.91 Å². The van der Waals surface area contributed by atoms with Gasteiger partial charge in [-0.05, 0) is 11.8 Å². The molecule has 1 amide bonds. The van der Waals surface area contributed by atoms with Gasteiger partial charge in [0.1, 0.15) is 5.82 Å². The highest BCUT2D eigenvalue weighted by Gasteiger charge is 2.21. The molecule has 1 atom stereocenters. The van der Waals surface area contributed by atoms with Crippen molar-refractivity contribution in [2.24, 2.45) is 11.8 Å². The van der Waals surface area contributed by atoms with Crippen molar-refractivity contribution in [1.29, 1.82) is 0 Å². The second-order valence-electron chi connectivity index (χ2n) is 5.16. The van der Waals surface area contributed by atoms with E-state index in [9.17, 15) is 4.79 Å². The van der Waals surface area contributed by atoms with Crippen molar-refractivity contribution in [3.05, 3.63) is 11.6 Å². The zero-order chi connectivity index (χ0) is 13.0. The van der Waals surface area contributed by atoms with Gasteiger partial charge in [-0.3, -0.25) is 9.89 Å². The number of aromatic nitrogens is 3. The highest BCUT2D eigenvalue weighted by atomic mass is 16.1. The molecule has 0 spiro atoms. The van der Waals surface area contributed by atoms with Crippen LogP contribution in [-0.4, -0.2) is 21.1 Å². The average molecular weight is 238 g/mol. The standard InChI is InChI=1S/C12H22N4O/c1-7(2)6-10-14-12(16-15-10)11(8(3)4)13-9(5)17/h7-8,11H,6H2,1-5H3,(H,13,17)(H,14,15,16)/t11-/m1/s1. The second kappa shape index (κ2) is 5.80. The summed E-state index contributed by atoms with van der Waals surface area (Å²) >= 11 is 0. The third-order valence-electron chi connectivity index (χ3n) is 2.45. The Morgan fingerprint density at radius 1 is 1.35 bits per heavy atom. The fourth-order valence-corrected chi connectivity index (χ4v) is 1.68. The van der Waals surface area contributed by atoms with Gasteiger partial charge in [0, 0.05) is 13.3 Å². The van der Waals surface area contributed by atoms with Crippen LogP contribution in [0, 0.1) is 11.8 Å². The summed E-state index contributed by atoms with van der Waals surface area (Å²) in [6.45, 7) is 9.86. The summed E-state index contributed by atoms with van der Waals surface area (Å²) in [5.74, 6) is 2.30. The maximum atomic E-state index is 11.1. The number of rotatable bonds is 5. The minimum atomic E-state index is -0.121. The van der Waals surface area contributed by atoms with E-state index in [0.717, 1.165) is 12.2 Å². The fourth-order valence-electron chi connectivity index (χ4n) is 1.68. The first-order valence-corrected chi connectivity index (χ1v) is 6.08. The van der Waals surface area contributed by atoms with E-state index in [1.54, 1.807) is 0 Å². The topological polar surface area (TPSA) is 70.7 Å². The van der Waals surface area contributed by atoms with Gasteiger partial charge in [-0.15, -0.1) is 0 Å². The van der Waals surface area contributed by atoms with E-state index in [4.69, 9.17) is 0 Å². The third kappa shape index (κ3) is 4.17. The maximum absolute atomic E-state index is 11.1. The van der Waals surface area contributed by atoms with Gasteiger partial charge < -0.3 is 5.32 Å². The van der Waals surface area contributed by atoms with Crippen molar-refractivity contribution in [3.8, 4) is 0 Å². The molecule has 1 heterocycles. The summed E-state index contributed by atoms with van der Waals surface area (Å²) < 4.78 is 0. The molecule has 0 saturated carbocycles. The summed E-state index contributed by atoms with van der Waals surface area (Å²) in [7, 11) is 0. The monoisotopic (exact) mass is 238 g/mol. The van der Waals surface area contributed by atoms with E-state index < -0.39 is 0 Å². The molecule has 0 fully saturated rings. The molecule has 0 aliphatic heterocycles. The summed E-state index contributed by atoms with van der Waals surface area (Å²) in [4.78, 5) is 15.6. The third-order valence-corrected chi connectivity index (χ3v) is 2.45. The Labute approximate surface area is 102 Å². The smallest absolute Gasteiger partial charge is 0.217 e. The molecule has 5 heteroatoms. The van der Waals surface area contributed by atoms with Crippen molar-refractivity contribution in [3.63, 3.8) is 0 Å². The van der Waals surface area contributed by atoms with Crippen LogP contribution in [-0.2, 0) is 11.2 Å². The van der Waals surface area contributed by atoms with E-state index in [2.05, 4.69) is 34.3 Å². The normalized spacial score (nSPS) is 13.1. The molecule has 0 unspecified atom stereocenters. The Kier molecular flexibility index (Phi) is 4.66. The molecule has 96 valence electrons. The van der Waals surface area contributed by atoms with Gasteiger partial charge in [0.05, 0.1) is 6.04 Å². The number of hydrogen-bond acceptors (Lipinski definition) is 3. The number of hydrogen-bond donors (Lipinski definition) is 2. The number of amides is 1. The van der Waals surface area contributed by atoms with Crippen molar-refractivity contribution in [2.45, 2.75) is 47.1 Å². The molecule has 0 aromatic carbocycles. The first-order valence-electron chi connectivity index (χ1n) is 6.08. The quantitative estimate of drug-likeness (QED) is 0.822. The van der Waals surface area contributed by atoms with Crippen LogP contribution in [0.25, 0.3) is 0 Å². The van der Waals surface area contributed by atoms with Crippen LogP contribution >= 0.6 is 0 Å². The zero-order valence-electron chi connectivity index (χ0n) is 11.2. The molecule has 2 N–H and O–H groups in total.